The van der Waals surface area contributed by atoms with E-state index in [2.05, 4.69) is 14.7 Å². The minimum absolute atomic E-state index is 0.105. The average Bonchev–Trinajstić information content (AvgIpc) is 3.34. The van der Waals surface area contributed by atoms with E-state index in [1.54, 1.807) is 16.8 Å². The number of nitrogens with one attached hydrogen (secondary N) is 1. The van der Waals surface area contributed by atoms with E-state index >= 15 is 4.39 Å². The van der Waals surface area contributed by atoms with Gasteiger partial charge in [0, 0.05) is 25.1 Å². The molecule has 0 aliphatic heterocycles. The molecular weight excluding hydrogens is 499 g/mol. The second-order valence-electron chi connectivity index (χ2n) is 8.87. The third-order valence-corrected chi connectivity index (χ3v) is 7.94. The lowest BCUT2D eigenvalue weighted by molar-refractivity contribution is 0.397. The first-order chi connectivity index (χ1) is 18.5. The highest BCUT2D eigenvalue weighted by Crippen LogP contribution is 2.41. The number of rotatable bonds is 10. The Bertz CT molecular complexity index is 1480. The maximum atomic E-state index is 15.8. The van der Waals surface area contributed by atoms with Crippen LogP contribution in [-0.4, -0.2) is 29.5 Å². The minimum atomic E-state index is -3.66. The fourth-order valence-electron chi connectivity index (χ4n) is 4.78. The van der Waals surface area contributed by atoms with Crippen LogP contribution in [0.1, 0.15) is 28.8 Å². The Morgan fingerprint density at radius 3 is 1.84 bits per heavy atom. The van der Waals surface area contributed by atoms with Crippen LogP contribution in [-0.2, 0) is 22.0 Å². The molecule has 0 saturated carbocycles. The number of imidazole rings is 1. The van der Waals surface area contributed by atoms with Gasteiger partial charge in [-0.3, -0.25) is 9.55 Å². The molecule has 0 unspecified atom stereocenters. The van der Waals surface area contributed by atoms with Gasteiger partial charge in [0.2, 0.25) is 10.0 Å². The molecule has 6 nitrogen and oxygen atoms in total. The van der Waals surface area contributed by atoms with E-state index in [4.69, 9.17) is 0 Å². The number of benzene rings is 3. The van der Waals surface area contributed by atoms with Gasteiger partial charge < -0.3 is 0 Å². The van der Waals surface area contributed by atoms with Crippen molar-refractivity contribution in [2.45, 2.75) is 23.3 Å². The smallest absolute Gasteiger partial charge is 0.289 e. The van der Waals surface area contributed by atoms with Gasteiger partial charge in [0.15, 0.2) is 0 Å². The summed E-state index contributed by atoms with van der Waals surface area (Å²) in [5, 5.41) is 0. The lowest BCUT2D eigenvalue weighted by Crippen LogP contribution is -2.38. The fourth-order valence-corrected chi connectivity index (χ4v) is 5.82. The molecule has 0 atom stereocenters. The third kappa shape index (κ3) is 5.01. The van der Waals surface area contributed by atoms with Crippen molar-refractivity contribution in [3.05, 3.63) is 150 Å². The average molecular weight is 527 g/mol. The molecule has 2 aromatic heterocycles. The molecule has 38 heavy (non-hydrogen) atoms. The number of aromatic nitrogens is 3. The number of halogens is 1. The summed E-state index contributed by atoms with van der Waals surface area (Å²) in [6, 6.07) is 32.5. The molecule has 0 aliphatic carbocycles. The zero-order chi connectivity index (χ0) is 26.4. The highest BCUT2D eigenvalue weighted by molar-refractivity contribution is 7.89. The Kier molecular flexibility index (Phi) is 7.44. The van der Waals surface area contributed by atoms with Crippen molar-refractivity contribution in [3.63, 3.8) is 0 Å². The summed E-state index contributed by atoms with van der Waals surface area (Å²) in [5.41, 5.74) is 2.22. The van der Waals surface area contributed by atoms with E-state index in [0.717, 1.165) is 16.7 Å². The highest BCUT2D eigenvalue weighted by Gasteiger charge is 2.40. The van der Waals surface area contributed by atoms with Gasteiger partial charge in [-0.05, 0) is 41.7 Å². The van der Waals surface area contributed by atoms with Crippen LogP contribution < -0.4 is 4.72 Å². The molecule has 5 aromatic rings. The molecule has 1 N–H and O–H groups in total. The van der Waals surface area contributed by atoms with Gasteiger partial charge in [-0.1, -0.05) is 91.0 Å². The van der Waals surface area contributed by atoms with Crippen molar-refractivity contribution >= 4 is 10.0 Å². The van der Waals surface area contributed by atoms with E-state index in [9.17, 15) is 8.42 Å². The molecule has 0 bridgehead atoms. The predicted molar refractivity (Wildman–Crippen MR) is 145 cm³/mol. The first-order valence-corrected chi connectivity index (χ1v) is 13.8. The van der Waals surface area contributed by atoms with Gasteiger partial charge in [-0.15, -0.1) is 0 Å². The number of sulfonamides is 1. The molecule has 3 aromatic carbocycles. The van der Waals surface area contributed by atoms with Gasteiger partial charge in [0.05, 0.1) is 5.69 Å². The van der Waals surface area contributed by atoms with E-state index < -0.39 is 21.6 Å². The molecule has 0 spiro atoms. The Hall–Kier alpha value is -4.14. The summed E-state index contributed by atoms with van der Waals surface area (Å²) in [6.07, 6.45) is 4.78. The van der Waals surface area contributed by atoms with Crippen LogP contribution in [0.15, 0.2) is 127 Å². The van der Waals surface area contributed by atoms with Crippen LogP contribution in [0.4, 0.5) is 4.39 Å². The van der Waals surface area contributed by atoms with Gasteiger partial charge >= 0.3 is 0 Å². The number of aryl methyl sites for hydroxylation is 1. The molecule has 0 amide bonds. The number of hydrogen-bond acceptors (Lipinski definition) is 4. The van der Waals surface area contributed by atoms with Gasteiger partial charge in [0.1, 0.15) is 10.4 Å². The van der Waals surface area contributed by atoms with Crippen molar-refractivity contribution < 1.29 is 12.8 Å². The van der Waals surface area contributed by atoms with E-state index in [1.165, 1.54) is 18.5 Å². The maximum Gasteiger partial charge on any atom is 0.290 e. The van der Waals surface area contributed by atoms with Crippen molar-refractivity contribution in [1.82, 2.24) is 19.3 Å². The predicted octanol–water partition coefficient (Wildman–Crippen LogP) is 5.17. The molecule has 192 valence electrons. The van der Waals surface area contributed by atoms with Crippen molar-refractivity contribution in [3.8, 4) is 0 Å². The summed E-state index contributed by atoms with van der Waals surface area (Å²) in [7, 11) is -3.66. The van der Waals surface area contributed by atoms with E-state index in [-0.39, 0.29) is 11.4 Å². The zero-order valence-corrected chi connectivity index (χ0v) is 21.4. The SMILES string of the molecule is O=S(=O)(NCCCc1cn(C(c2ccccc2)(c2ccccc2)c2ccccc2)c(F)n1)c1cccnc1. The van der Waals surface area contributed by atoms with Gasteiger partial charge in [-0.2, -0.15) is 4.39 Å². The summed E-state index contributed by atoms with van der Waals surface area (Å²) >= 11 is 0. The Labute approximate surface area is 221 Å². The lowest BCUT2D eigenvalue weighted by Gasteiger charge is -2.37. The first-order valence-electron chi connectivity index (χ1n) is 12.3. The Morgan fingerprint density at radius 2 is 1.34 bits per heavy atom. The molecular formula is C30H27FN4O2S. The standard InChI is InChI=1S/C30H27FN4O2S/c31-29-34-27(18-10-21-33-38(36,37)28-19-11-20-32-22-28)23-35(29)30(24-12-4-1-5-13-24,25-14-6-2-7-15-25)26-16-8-3-9-17-26/h1-9,11-17,19-20,22-23,33H,10,18,21H2. The summed E-state index contributed by atoms with van der Waals surface area (Å²) in [4.78, 5) is 8.22. The zero-order valence-electron chi connectivity index (χ0n) is 20.6. The number of nitrogens with zero attached hydrogens (tertiary/aromatic N) is 3. The minimum Gasteiger partial charge on any atom is -0.289 e. The van der Waals surface area contributed by atoms with E-state index in [0.29, 0.717) is 18.5 Å². The summed E-state index contributed by atoms with van der Waals surface area (Å²) < 4.78 is 44.9. The summed E-state index contributed by atoms with van der Waals surface area (Å²) in [6.45, 7) is 0.187. The maximum absolute atomic E-state index is 15.8. The van der Waals surface area contributed by atoms with Crippen LogP contribution in [0.2, 0.25) is 0 Å². The molecule has 0 radical (unpaired) electrons. The molecule has 2 heterocycles. The van der Waals surface area contributed by atoms with Crippen molar-refractivity contribution in [2.24, 2.45) is 0 Å². The topological polar surface area (TPSA) is 76.9 Å². The molecule has 0 fully saturated rings. The summed E-state index contributed by atoms with van der Waals surface area (Å²) in [5.74, 6) is 0. The van der Waals surface area contributed by atoms with Crippen molar-refractivity contribution in [2.75, 3.05) is 6.54 Å². The third-order valence-electron chi connectivity index (χ3n) is 6.50. The second-order valence-corrected chi connectivity index (χ2v) is 10.6. The van der Waals surface area contributed by atoms with Crippen LogP contribution in [0.5, 0.6) is 0 Å². The molecule has 0 aliphatic rings. The normalized spacial score (nSPS) is 11.9. The number of pyridine rings is 1. The Balaban J connectivity index is 1.49. The lowest BCUT2D eigenvalue weighted by atomic mass is 9.76. The highest BCUT2D eigenvalue weighted by atomic mass is 32.2. The largest absolute Gasteiger partial charge is 0.290 e. The van der Waals surface area contributed by atoms with Crippen LogP contribution in [0, 0.1) is 6.08 Å². The van der Waals surface area contributed by atoms with Gasteiger partial charge in [-0.25, -0.2) is 18.1 Å². The quantitative estimate of drug-likeness (QED) is 0.201. The van der Waals surface area contributed by atoms with Crippen molar-refractivity contribution in [1.29, 1.82) is 0 Å². The molecule has 0 saturated heterocycles. The fraction of sp³-hybridized carbons (Fsp3) is 0.133. The number of hydrogen-bond donors (Lipinski definition) is 1. The molecule has 5 rings (SSSR count). The van der Waals surface area contributed by atoms with E-state index in [1.807, 2.05) is 91.0 Å². The van der Waals surface area contributed by atoms with Crippen LogP contribution >= 0.6 is 0 Å². The monoisotopic (exact) mass is 526 g/mol. The van der Waals surface area contributed by atoms with Gasteiger partial charge in [0.25, 0.3) is 6.08 Å². The second kappa shape index (κ2) is 11.1. The Morgan fingerprint density at radius 1 is 0.789 bits per heavy atom. The van der Waals surface area contributed by atoms with Crippen LogP contribution in [0.3, 0.4) is 0 Å². The first kappa shape index (κ1) is 25.5. The van der Waals surface area contributed by atoms with Crippen LogP contribution in [0.25, 0.3) is 0 Å². The molecule has 8 heteroatoms.